The van der Waals surface area contributed by atoms with E-state index in [-0.39, 0.29) is 0 Å². The van der Waals surface area contributed by atoms with Crippen LogP contribution in [0, 0.1) is 0 Å². The van der Waals surface area contributed by atoms with Gasteiger partial charge in [-0.25, -0.2) is 0 Å². The van der Waals surface area contributed by atoms with E-state index in [2.05, 4.69) is 228 Å². The molecule has 2 heterocycles. The molecule has 0 saturated carbocycles. The van der Waals surface area contributed by atoms with E-state index in [1.807, 2.05) is 12.1 Å². The first-order valence-corrected chi connectivity index (χ1v) is 20.8. The molecule has 0 aliphatic carbocycles. The van der Waals surface area contributed by atoms with Gasteiger partial charge in [0.05, 0.1) is 11.0 Å². The van der Waals surface area contributed by atoms with E-state index in [0.717, 1.165) is 50.3 Å². The lowest BCUT2D eigenvalue weighted by Gasteiger charge is -2.26. The highest BCUT2D eigenvalue weighted by Gasteiger charge is 2.18. The van der Waals surface area contributed by atoms with Crippen LogP contribution in [0.3, 0.4) is 0 Å². The van der Waals surface area contributed by atoms with Crippen molar-refractivity contribution in [2.24, 2.45) is 0 Å². The molecular weight excluding hydrogens is 741 g/mol. The predicted octanol–water partition coefficient (Wildman–Crippen LogP) is 16.3. The molecule has 3 nitrogen and oxygen atoms in total. The maximum atomic E-state index is 6.41. The third-order valence-corrected chi connectivity index (χ3v) is 12.2. The molecule has 12 rings (SSSR count). The average molecular weight is 779 g/mol. The Morgan fingerprint density at radius 1 is 0.311 bits per heavy atom. The Kier molecular flexibility index (Phi) is 8.17. The second kappa shape index (κ2) is 14.3. The predicted molar refractivity (Wildman–Crippen MR) is 257 cm³/mol. The van der Waals surface area contributed by atoms with Crippen molar-refractivity contribution in [2.75, 3.05) is 4.90 Å². The highest BCUT2D eigenvalue weighted by atomic mass is 16.3. The summed E-state index contributed by atoms with van der Waals surface area (Å²) in [5.41, 5.74) is 15.6. The first kappa shape index (κ1) is 34.9. The molecule has 0 aliphatic heterocycles. The Labute approximate surface area is 353 Å². The molecule has 0 amide bonds. The Morgan fingerprint density at radius 3 is 1.57 bits per heavy atom. The van der Waals surface area contributed by atoms with Crippen molar-refractivity contribution in [1.29, 1.82) is 0 Å². The SMILES string of the molecule is c1ccc(-c2cccc(-c3ccc(N(c4ccc(-c5ccc6c7ccc8ccccc8c7n(-c7ccccc7)c6c5)cc4)c4ccc5c(c4)oc4ccccc45)cc3)c2)cc1. The van der Waals surface area contributed by atoms with Crippen molar-refractivity contribution in [3.8, 4) is 39.1 Å². The summed E-state index contributed by atoms with van der Waals surface area (Å²) < 4.78 is 8.84. The van der Waals surface area contributed by atoms with Gasteiger partial charge in [-0.3, -0.25) is 0 Å². The van der Waals surface area contributed by atoms with Crippen LogP contribution in [0.15, 0.2) is 235 Å². The molecule has 0 spiro atoms. The molecule has 0 aliphatic rings. The van der Waals surface area contributed by atoms with Crippen LogP contribution in [0.5, 0.6) is 0 Å². The van der Waals surface area contributed by atoms with Crippen LogP contribution >= 0.6 is 0 Å². The van der Waals surface area contributed by atoms with E-state index < -0.39 is 0 Å². The summed E-state index contributed by atoms with van der Waals surface area (Å²) in [7, 11) is 0. The van der Waals surface area contributed by atoms with Crippen LogP contribution in [0.25, 0.3) is 93.6 Å². The number of para-hydroxylation sites is 2. The minimum Gasteiger partial charge on any atom is -0.456 e. The van der Waals surface area contributed by atoms with Gasteiger partial charge in [0.1, 0.15) is 11.2 Å². The molecular formula is C58H38N2O. The summed E-state index contributed by atoms with van der Waals surface area (Å²) in [5.74, 6) is 0. The summed E-state index contributed by atoms with van der Waals surface area (Å²) in [5, 5.41) is 7.22. The minimum atomic E-state index is 0.865. The van der Waals surface area contributed by atoms with Gasteiger partial charge < -0.3 is 13.9 Å². The molecule has 286 valence electrons. The number of rotatable bonds is 7. The van der Waals surface area contributed by atoms with Gasteiger partial charge in [-0.1, -0.05) is 158 Å². The van der Waals surface area contributed by atoms with Crippen LogP contribution in [0.1, 0.15) is 0 Å². The van der Waals surface area contributed by atoms with E-state index in [9.17, 15) is 0 Å². The second-order valence-electron chi connectivity index (χ2n) is 15.7. The Balaban J connectivity index is 0.961. The number of fused-ring (bicyclic) bond motifs is 8. The van der Waals surface area contributed by atoms with Gasteiger partial charge in [-0.2, -0.15) is 0 Å². The highest BCUT2D eigenvalue weighted by molar-refractivity contribution is 6.19. The molecule has 0 radical (unpaired) electrons. The standard InChI is InChI=1S/C58H38N2O/c1-3-12-39(13-4-1)43-15-11-16-44(36-43)40-22-28-47(29-23-40)59(49-32-35-53-52-20-9-10-21-56(52)61-57(53)38-49)48-30-24-41(25-31-48)45-27-33-51-54-34-26-42-14-7-8-19-50(42)58(54)60(55(51)37-45)46-17-5-2-6-18-46/h1-38H. The van der Waals surface area contributed by atoms with E-state index >= 15 is 0 Å². The van der Waals surface area contributed by atoms with Crippen molar-refractivity contribution in [1.82, 2.24) is 4.57 Å². The van der Waals surface area contributed by atoms with Crippen LogP contribution in [0.4, 0.5) is 17.1 Å². The quantitative estimate of drug-likeness (QED) is 0.161. The zero-order valence-electron chi connectivity index (χ0n) is 33.2. The smallest absolute Gasteiger partial charge is 0.137 e. The first-order chi connectivity index (χ1) is 30.2. The number of anilines is 3. The maximum Gasteiger partial charge on any atom is 0.137 e. The van der Waals surface area contributed by atoms with Gasteiger partial charge in [0, 0.05) is 55.7 Å². The first-order valence-electron chi connectivity index (χ1n) is 20.8. The minimum absolute atomic E-state index is 0.865. The number of furan rings is 1. The summed E-state index contributed by atoms with van der Waals surface area (Å²) in [4.78, 5) is 2.32. The lowest BCUT2D eigenvalue weighted by atomic mass is 9.99. The van der Waals surface area contributed by atoms with Crippen molar-refractivity contribution in [3.05, 3.63) is 231 Å². The largest absolute Gasteiger partial charge is 0.456 e. The van der Waals surface area contributed by atoms with Gasteiger partial charge in [0.25, 0.3) is 0 Å². The molecule has 0 bridgehead atoms. The summed E-state index contributed by atoms with van der Waals surface area (Å²) in [6.07, 6.45) is 0. The van der Waals surface area contributed by atoms with Gasteiger partial charge >= 0.3 is 0 Å². The molecule has 3 heteroatoms. The molecule has 0 N–H and O–H groups in total. The van der Waals surface area contributed by atoms with E-state index in [1.165, 1.54) is 60.4 Å². The molecule has 2 aromatic heterocycles. The number of hydrogen-bond donors (Lipinski definition) is 0. The van der Waals surface area contributed by atoms with Gasteiger partial charge in [-0.15, -0.1) is 0 Å². The molecule has 0 saturated heterocycles. The Hall–Kier alpha value is -8.14. The fraction of sp³-hybridized carbons (Fsp3) is 0. The highest BCUT2D eigenvalue weighted by Crippen LogP contribution is 2.42. The third kappa shape index (κ3) is 5.98. The normalized spacial score (nSPS) is 11.6. The third-order valence-electron chi connectivity index (χ3n) is 12.2. The summed E-state index contributed by atoms with van der Waals surface area (Å²) in [6.45, 7) is 0. The van der Waals surface area contributed by atoms with Crippen molar-refractivity contribution >= 4 is 71.6 Å². The van der Waals surface area contributed by atoms with Crippen LogP contribution < -0.4 is 4.90 Å². The number of nitrogens with zero attached hydrogens (tertiary/aromatic N) is 2. The number of benzene rings is 10. The second-order valence-corrected chi connectivity index (χ2v) is 15.7. The Morgan fingerprint density at radius 2 is 0.836 bits per heavy atom. The Bertz CT molecular complexity index is 3560. The van der Waals surface area contributed by atoms with E-state index in [4.69, 9.17) is 4.42 Å². The lowest BCUT2D eigenvalue weighted by molar-refractivity contribution is 0.669. The van der Waals surface area contributed by atoms with Gasteiger partial charge in [0.2, 0.25) is 0 Å². The van der Waals surface area contributed by atoms with Crippen molar-refractivity contribution in [2.45, 2.75) is 0 Å². The zero-order chi connectivity index (χ0) is 40.3. The van der Waals surface area contributed by atoms with E-state index in [0.29, 0.717) is 0 Å². The van der Waals surface area contributed by atoms with Crippen molar-refractivity contribution < 1.29 is 4.42 Å². The topological polar surface area (TPSA) is 21.3 Å². The fourth-order valence-corrected chi connectivity index (χ4v) is 9.22. The maximum absolute atomic E-state index is 6.41. The molecule has 0 unspecified atom stereocenters. The number of aromatic nitrogens is 1. The average Bonchev–Trinajstić information content (AvgIpc) is 3.88. The summed E-state index contributed by atoms with van der Waals surface area (Å²) in [6, 6.07) is 82.9. The van der Waals surface area contributed by atoms with E-state index in [1.54, 1.807) is 0 Å². The number of hydrogen-bond acceptors (Lipinski definition) is 2. The molecule has 61 heavy (non-hydrogen) atoms. The van der Waals surface area contributed by atoms with Crippen LogP contribution in [-0.4, -0.2) is 4.57 Å². The van der Waals surface area contributed by atoms with Crippen LogP contribution in [0.2, 0.25) is 0 Å². The molecule has 12 aromatic rings. The molecule has 0 fully saturated rings. The monoisotopic (exact) mass is 778 g/mol. The molecule has 10 aromatic carbocycles. The van der Waals surface area contributed by atoms with Gasteiger partial charge in [-0.05, 0) is 105 Å². The van der Waals surface area contributed by atoms with Crippen LogP contribution in [-0.2, 0) is 0 Å². The van der Waals surface area contributed by atoms with Crippen molar-refractivity contribution in [3.63, 3.8) is 0 Å². The summed E-state index contributed by atoms with van der Waals surface area (Å²) >= 11 is 0. The zero-order valence-corrected chi connectivity index (χ0v) is 33.2. The van der Waals surface area contributed by atoms with Gasteiger partial charge in [0.15, 0.2) is 0 Å². The molecule has 0 atom stereocenters. The lowest BCUT2D eigenvalue weighted by Crippen LogP contribution is -2.09. The fourth-order valence-electron chi connectivity index (χ4n) is 9.22.